The average molecular weight is 261 g/mol. The van der Waals surface area contributed by atoms with Crippen molar-refractivity contribution in [2.45, 2.75) is 51.9 Å². The van der Waals surface area contributed by atoms with Crippen LogP contribution in [0.15, 0.2) is 6.07 Å². The van der Waals surface area contributed by atoms with Gasteiger partial charge in [0.1, 0.15) is 5.84 Å². The molecule has 0 aliphatic heterocycles. The van der Waals surface area contributed by atoms with Gasteiger partial charge < -0.3 is 10.5 Å². The third-order valence-corrected chi connectivity index (χ3v) is 3.54. The number of pyridine rings is 1. The van der Waals surface area contributed by atoms with E-state index in [1.807, 2.05) is 6.07 Å². The normalized spacial score (nSPS) is 13.3. The predicted octanol–water partition coefficient (Wildman–Crippen LogP) is 2.81. The molecule has 1 aliphatic carbocycles. The molecule has 0 saturated heterocycles. The van der Waals surface area contributed by atoms with Crippen molar-refractivity contribution in [3.63, 3.8) is 0 Å². The Morgan fingerprint density at radius 2 is 2.21 bits per heavy atom. The Bertz CT molecular complexity index is 457. The Balaban J connectivity index is 2.03. The van der Waals surface area contributed by atoms with E-state index in [0.29, 0.717) is 18.1 Å². The predicted molar refractivity (Wildman–Crippen MR) is 76.9 cm³/mol. The van der Waals surface area contributed by atoms with Gasteiger partial charge in [-0.15, -0.1) is 0 Å². The smallest absolute Gasteiger partial charge is 0.224 e. The van der Waals surface area contributed by atoms with Crippen molar-refractivity contribution in [3.8, 4) is 5.88 Å². The van der Waals surface area contributed by atoms with Gasteiger partial charge in [0.25, 0.3) is 0 Å². The zero-order valence-electron chi connectivity index (χ0n) is 11.7. The molecule has 4 nitrogen and oxygen atoms in total. The standard InChI is InChI=1S/C15H23N3O/c1-2-3-4-5-9-19-15-12(14(16)17)10-11-7-6-8-13(11)18-15/h10H,2-9H2,1H3,(H3,16,17). The van der Waals surface area contributed by atoms with Crippen molar-refractivity contribution in [3.05, 3.63) is 22.9 Å². The maximum absolute atomic E-state index is 7.64. The van der Waals surface area contributed by atoms with E-state index in [0.717, 1.165) is 31.4 Å². The number of aryl methyl sites for hydroxylation is 2. The van der Waals surface area contributed by atoms with Gasteiger partial charge in [0.15, 0.2) is 0 Å². The van der Waals surface area contributed by atoms with Crippen molar-refractivity contribution in [2.24, 2.45) is 5.73 Å². The number of aromatic nitrogens is 1. The van der Waals surface area contributed by atoms with Crippen LogP contribution in [0.3, 0.4) is 0 Å². The summed E-state index contributed by atoms with van der Waals surface area (Å²) in [5, 5.41) is 7.64. The number of rotatable bonds is 7. The Morgan fingerprint density at radius 1 is 1.37 bits per heavy atom. The molecule has 1 aliphatic rings. The van der Waals surface area contributed by atoms with Crippen LogP contribution in [0.1, 0.15) is 55.8 Å². The van der Waals surface area contributed by atoms with Crippen LogP contribution in [0.4, 0.5) is 0 Å². The summed E-state index contributed by atoms with van der Waals surface area (Å²) in [5.41, 5.74) is 8.62. The van der Waals surface area contributed by atoms with Crippen molar-refractivity contribution >= 4 is 5.84 Å². The van der Waals surface area contributed by atoms with Gasteiger partial charge in [0, 0.05) is 5.69 Å². The monoisotopic (exact) mass is 261 g/mol. The number of fused-ring (bicyclic) bond motifs is 1. The number of nitrogen functional groups attached to an aromatic ring is 1. The number of ether oxygens (including phenoxy) is 1. The highest BCUT2D eigenvalue weighted by Gasteiger charge is 2.18. The van der Waals surface area contributed by atoms with Gasteiger partial charge in [-0.2, -0.15) is 0 Å². The Hall–Kier alpha value is -1.58. The van der Waals surface area contributed by atoms with Gasteiger partial charge in [-0.25, -0.2) is 4.98 Å². The molecule has 0 saturated carbocycles. The summed E-state index contributed by atoms with van der Waals surface area (Å²) < 4.78 is 5.74. The second kappa shape index (κ2) is 6.55. The van der Waals surface area contributed by atoms with Crippen LogP contribution in [-0.2, 0) is 12.8 Å². The summed E-state index contributed by atoms with van der Waals surface area (Å²) in [6, 6.07) is 1.99. The van der Waals surface area contributed by atoms with Crippen LogP contribution in [0, 0.1) is 5.41 Å². The third-order valence-electron chi connectivity index (χ3n) is 3.54. The fraction of sp³-hybridized carbons (Fsp3) is 0.600. The third kappa shape index (κ3) is 3.46. The van der Waals surface area contributed by atoms with Crippen LogP contribution in [0.5, 0.6) is 5.88 Å². The minimum Gasteiger partial charge on any atom is -0.477 e. The molecule has 0 spiro atoms. The van der Waals surface area contributed by atoms with Crippen LogP contribution in [-0.4, -0.2) is 17.4 Å². The van der Waals surface area contributed by atoms with Gasteiger partial charge in [0.05, 0.1) is 12.2 Å². The number of amidine groups is 1. The minimum atomic E-state index is 0.0470. The lowest BCUT2D eigenvalue weighted by Gasteiger charge is -2.11. The molecule has 1 aromatic heterocycles. The zero-order chi connectivity index (χ0) is 13.7. The van der Waals surface area contributed by atoms with Gasteiger partial charge in [-0.05, 0) is 37.3 Å². The van der Waals surface area contributed by atoms with Crippen molar-refractivity contribution in [1.29, 1.82) is 5.41 Å². The molecule has 1 heterocycles. The lowest BCUT2D eigenvalue weighted by atomic mass is 10.1. The van der Waals surface area contributed by atoms with Gasteiger partial charge >= 0.3 is 0 Å². The fourth-order valence-electron chi connectivity index (χ4n) is 2.45. The highest BCUT2D eigenvalue weighted by molar-refractivity contribution is 5.97. The first-order valence-electron chi connectivity index (χ1n) is 7.22. The van der Waals surface area contributed by atoms with Gasteiger partial charge in [-0.3, -0.25) is 5.41 Å². The van der Waals surface area contributed by atoms with E-state index < -0.39 is 0 Å². The highest BCUT2D eigenvalue weighted by Crippen LogP contribution is 2.26. The molecule has 0 atom stereocenters. The fourth-order valence-corrected chi connectivity index (χ4v) is 2.45. The number of hydrogen-bond donors (Lipinski definition) is 2. The van der Waals surface area contributed by atoms with Crippen molar-refractivity contribution in [1.82, 2.24) is 4.98 Å². The molecule has 0 radical (unpaired) electrons. The molecular formula is C15H23N3O. The largest absolute Gasteiger partial charge is 0.477 e. The van der Waals surface area contributed by atoms with E-state index in [-0.39, 0.29) is 5.84 Å². The van der Waals surface area contributed by atoms with E-state index in [1.54, 1.807) is 0 Å². The SMILES string of the molecule is CCCCCCOc1nc2c(cc1C(=N)N)CCC2. The maximum Gasteiger partial charge on any atom is 0.224 e. The summed E-state index contributed by atoms with van der Waals surface area (Å²) in [4.78, 5) is 4.55. The summed E-state index contributed by atoms with van der Waals surface area (Å²) >= 11 is 0. The zero-order valence-corrected chi connectivity index (χ0v) is 11.7. The van der Waals surface area contributed by atoms with E-state index in [1.165, 1.54) is 24.8 Å². The molecule has 4 heteroatoms. The van der Waals surface area contributed by atoms with Crippen LogP contribution in [0.2, 0.25) is 0 Å². The number of unbranched alkanes of at least 4 members (excludes halogenated alkanes) is 3. The van der Waals surface area contributed by atoms with Gasteiger partial charge in [0.2, 0.25) is 5.88 Å². The Labute approximate surface area is 114 Å². The van der Waals surface area contributed by atoms with Crippen LogP contribution >= 0.6 is 0 Å². The molecule has 2 rings (SSSR count). The van der Waals surface area contributed by atoms with E-state index in [4.69, 9.17) is 15.9 Å². The molecule has 0 amide bonds. The summed E-state index contributed by atoms with van der Waals surface area (Å²) in [7, 11) is 0. The number of hydrogen-bond acceptors (Lipinski definition) is 3. The summed E-state index contributed by atoms with van der Waals surface area (Å²) in [6.07, 6.45) is 7.86. The molecule has 0 unspecified atom stereocenters. The molecule has 0 aromatic carbocycles. The lowest BCUT2D eigenvalue weighted by molar-refractivity contribution is 0.292. The molecular weight excluding hydrogens is 238 g/mol. The average Bonchev–Trinajstić information content (AvgIpc) is 2.84. The van der Waals surface area contributed by atoms with E-state index >= 15 is 0 Å². The van der Waals surface area contributed by atoms with E-state index in [9.17, 15) is 0 Å². The van der Waals surface area contributed by atoms with Crippen molar-refractivity contribution < 1.29 is 4.74 Å². The quantitative estimate of drug-likeness (QED) is 0.450. The second-order valence-electron chi connectivity index (χ2n) is 5.12. The second-order valence-corrected chi connectivity index (χ2v) is 5.12. The Kier molecular flexibility index (Phi) is 4.77. The molecule has 3 N–H and O–H groups in total. The highest BCUT2D eigenvalue weighted by atomic mass is 16.5. The number of nitrogens with zero attached hydrogens (tertiary/aromatic N) is 1. The summed E-state index contributed by atoms with van der Waals surface area (Å²) in [5.74, 6) is 0.593. The number of nitrogens with one attached hydrogen (secondary N) is 1. The molecule has 104 valence electrons. The van der Waals surface area contributed by atoms with E-state index in [2.05, 4.69) is 11.9 Å². The first kappa shape index (κ1) is 13.8. The van der Waals surface area contributed by atoms with Crippen LogP contribution < -0.4 is 10.5 Å². The lowest BCUT2D eigenvalue weighted by Crippen LogP contribution is -2.15. The minimum absolute atomic E-state index is 0.0470. The maximum atomic E-state index is 7.64. The first-order valence-corrected chi connectivity index (χ1v) is 7.22. The van der Waals surface area contributed by atoms with Crippen LogP contribution in [0.25, 0.3) is 0 Å². The molecule has 0 fully saturated rings. The molecule has 0 bridgehead atoms. The first-order chi connectivity index (χ1) is 9.22. The Morgan fingerprint density at radius 3 is 2.95 bits per heavy atom. The van der Waals surface area contributed by atoms with Crippen molar-refractivity contribution in [2.75, 3.05) is 6.61 Å². The van der Waals surface area contributed by atoms with Gasteiger partial charge in [-0.1, -0.05) is 26.2 Å². The topological polar surface area (TPSA) is 72.0 Å². The molecule has 1 aromatic rings. The molecule has 19 heavy (non-hydrogen) atoms. The summed E-state index contributed by atoms with van der Waals surface area (Å²) in [6.45, 7) is 2.85. The number of nitrogens with two attached hydrogens (primary N) is 1.